The quantitative estimate of drug-likeness (QED) is 0.532. The summed E-state index contributed by atoms with van der Waals surface area (Å²) in [4.78, 5) is 10.6. The topological polar surface area (TPSA) is 58.6 Å². The zero-order valence-electron chi connectivity index (χ0n) is 9.32. The van der Waals surface area contributed by atoms with Gasteiger partial charge in [0.25, 0.3) is 0 Å². The molecule has 0 aromatic heterocycles. The number of hydrogen-bond acceptors (Lipinski definition) is 3. The number of aliphatic carboxylic acids is 1. The number of carboxylic acids is 1. The van der Waals surface area contributed by atoms with E-state index in [2.05, 4.69) is 11.4 Å². The number of rotatable bonds is 5. The van der Waals surface area contributed by atoms with Gasteiger partial charge in [0, 0.05) is 13.1 Å². The highest BCUT2D eigenvalue weighted by Gasteiger charge is 2.29. The number of nitrogens with one attached hydrogen (secondary N) is 1. The summed E-state index contributed by atoms with van der Waals surface area (Å²) in [5.74, 6) is -0.846. The zero-order chi connectivity index (χ0) is 11.3. The van der Waals surface area contributed by atoms with Crippen LogP contribution in [0.15, 0.2) is 11.6 Å². The van der Waals surface area contributed by atoms with Gasteiger partial charge in [-0.05, 0) is 26.7 Å². The Balaban J connectivity index is 2.14. The van der Waals surface area contributed by atoms with E-state index < -0.39 is 12.1 Å². The van der Waals surface area contributed by atoms with Gasteiger partial charge in [0.15, 0.2) is 6.10 Å². The molecule has 15 heavy (non-hydrogen) atoms. The molecule has 0 radical (unpaired) electrons. The predicted molar refractivity (Wildman–Crippen MR) is 57.8 cm³/mol. The molecule has 0 aliphatic carbocycles. The predicted octanol–water partition coefficient (Wildman–Crippen LogP) is 1.17. The number of ether oxygens (including phenoxy) is 1. The van der Waals surface area contributed by atoms with E-state index in [0.29, 0.717) is 6.42 Å². The molecule has 4 heteroatoms. The Morgan fingerprint density at radius 2 is 2.27 bits per heavy atom. The van der Waals surface area contributed by atoms with Gasteiger partial charge in [-0.3, -0.25) is 0 Å². The molecule has 1 rings (SSSR count). The van der Waals surface area contributed by atoms with Gasteiger partial charge in [-0.1, -0.05) is 11.6 Å². The Bertz CT molecular complexity index is 246. The number of carbonyl (C=O) groups is 1. The van der Waals surface area contributed by atoms with Gasteiger partial charge >= 0.3 is 5.97 Å². The number of hydrogen-bond donors (Lipinski definition) is 2. The minimum atomic E-state index is -0.846. The van der Waals surface area contributed by atoms with Crippen molar-refractivity contribution in [3.8, 4) is 0 Å². The average molecular weight is 213 g/mol. The molecular weight excluding hydrogens is 194 g/mol. The molecule has 2 N–H and O–H groups in total. The van der Waals surface area contributed by atoms with Crippen molar-refractivity contribution in [3.63, 3.8) is 0 Å². The van der Waals surface area contributed by atoms with Crippen LogP contribution in [0.5, 0.6) is 0 Å². The van der Waals surface area contributed by atoms with E-state index in [1.807, 2.05) is 13.8 Å². The van der Waals surface area contributed by atoms with E-state index >= 15 is 0 Å². The van der Waals surface area contributed by atoms with Crippen LogP contribution in [0.2, 0.25) is 0 Å². The Kier molecular flexibility index (Phi) is 4.78. The van der Waals surface area contributed by atoms with Crippen LogP contribution in [0.4, 0.5) is 0 Å². The van der Waals surface area contributed by atoms with Gasteiger partial charge in [0.1, 0.15) is 0 Å². The summed E-state index contributed by atoms with van der Waals surface area (Å²) in [6.45, 7) is 5.65. The Morgan fingerprint density at radius 1 is 1.53 bits per heavy atom. The van der Waals surface area contributed by atoms with Crippen LogP contribution in [-0.2, 0) is 9.53 Å². The summed E-state index contributed by atoms with van der Waals surface area (Å²) < 4.78 is 5.35. The van der Waals surface area contributed by atoms with E-state index in [4.69, 9.17) is 9.84 Å². The molecule has 0 aromatic carbocycles. The van der Waals surface area contributed by atoms with Crippen molar-refractivity contribution in [2.24, 2.45) is 0 Å². The fourth-order valence-corrected chi connectivity index (χ4v) is 1.56. The second-order valence-corrected chi connectivity index (χ2v) is 4.10. The highest BCUT2D eigenvalue weighted by Crippen LogP contribution is 2.18. The molecule has 1 heterocycles. The lowest BCUT2D eigenvalue weighted by atomic mass is 10.2. The van der Waals surface area contributed by atoms with Gasteiger partial charge < -0.3 is 15.2 Å². The van der Waals surface area contributed by atoms with Gasteiger partial charge in [0.05, 0.1) is 6.10 Å². The summed E-state index contributed by atoms with van der Waals surface area (Å²) in [5, 5.41) is 11.9. The lowest BCUT2D eigenvalue weighted by Crippen LogP contribution is -2.29. The van der Waals surface area contributed by atoms with E-state index in [1.54, 1.807) is 0 Å². The molecule has 2 atom stereocenters. The van der Waals surface area contributed by atoms with Crippen molar-refractivity contribution in [2.45, 2.75) is 38.9 Å². The SMILES string of the molecule is CC(C)=CCNCC1CCC(C(=O)O)O1. The van der Waals surface area contributed by atoms with Crippen LogP contribution in [0, 0.1) is 0 Å². The standard InChI is InChI=1S/C11H19NO3/c1-8(2)5-6-12-7-9-3-4-10(15-9)11(13)14/h5,9-10,12H,3-4,6-7H2,1-2H3,(H,13,14). The van der Waals surface area contributed by atoms with Gasteiger partial charge in [-0.25, -0.2) is 4.79 Å². The molecule has 0 spiro atoms. The molecular formula is C11H19NO3. The van der Waals surface area contributed by atoms with Crippen LogP contribution in [0.1, 0.15) is 26.7 Å². The fourth-order valence-electron chi connectivity index (χ4n) is 1.56. The lowest BCUT2D eigenvalue weighted by Gasteiger charge is -2.11. The minimum absolute atomic E-state index is 0.0525. The van der Waals surface area contributed by atoms with E-state index in [-0.39, 0.29) is 6.10 Å². The molecule has 2 unspecified atom stereocenters. The smallest absolute Gasteiger partial charge is 0.332 e. The molecule has 0 aromatic rings. The average Bonchev–Trinajstić information content (AvgIpc) is 2.60. The second-order valence-electron chi connectivity index (χ2n) is 4.10. The first-order chi connectivity index (χ1) is 7.09. The molecule has 1 saturated heterocycles. The molecule has 86 valence electrons. The van der Waals surface area contributed by atoms with Crippen LogP contribution >= 0.6 is 0 Å². The molecule has 1 aliphatic rings. The molecule has 4 nitrogen and oxygen atoms in total. The maximum Gasteiger partial charge on any atom is 0.332 e. The summed E-state index contributed by atoms with van der Waals surface area (Å²) >= 11 is 0. The lowest BCUT2D eigenvalue weighted by molar-refractivity contribution is -0.149. The largest absolute Gasteiger partial charge is 0.479 e. The van der Waals surface area contributed by atoms with Crippen molar-refractivity contribution in [2.75, 3.05) is 13.1 Å². The second kappa shape index (κ2) is 5.88. The Hall–Kier alpha value is -0.870. The maximum atomic E-state index is 10.6. The van der Waals surface area contributed by atoms with Crippen LogP contribution in [0.25, 0.3) is 0 Å². The third-order valence-electron chi connectivity index (χ3n) is 2.41. The number of allylic oxidation sites excluding steroid dienone is 1. The molecule has 1 fully saturated rings. The first-order valence-electron chi connectivity index (χ1n) is 5.32. The molecule has 0 saturated carbocycles. The van der Waals surface area contributed by atoms with Crippen LogP contribution < -0.4 is 5.32 Å². The van der Waals surface area contributed by atoms with Crippen molar-refractivity contribution < 1.29 is 14.6 Å². The third-order valence-corrected chi connectivity index (χ3v) is 2.41. The van der Waals surface area contributed by atoms with Crippen molar-refractivity contribution in [3.05, 3.63) is 11.6 Å². The van der Waals surface area contributed by atoms with E-state index in [1.165, 1.54) is 5.57 Å². The first kappa shape index (κ1) is 12.2. The van der Waals surface area contributed by atoms with Gasteiger partial charge in [0.2, 0.25) is 0 Å². The summed E-state index contributed by atoms with van der Waals surface area (Å²) in [6.07, 6.45) is 3.02. The van der Waals surface area contributed by atoms with E-state index in [0.717, 1.165) is 19.5 Å². The monoisotopic (exact) mass is 213 g/mol. The van der Waals surface area contributed by atoms with Crippen LogP contribution in [-0.4, -0.2) is 36.4 Å². The van der Waals surface area contributed by atoms with Crippen LogP contribution in [0.3, 0.4) is 0 Å². The highest BCUT2D eigenvalue weighted by atomic mass is 16.5. The normalized spacial score (nSPS) is 25.2. The molecule has 0 amide bonds. The Morgan fingerprint density at radius 3 is 2.80 bits per heavy atom. The summed E-state index contributed by atoms with van der Waals surface area (Å²) in [6, 6.07) is 0. The van der Waals surface area contributed by atoms with Crippen molar-refractivity contribution in [1.82, 2.24) is 5.32 Å². The summed E-state index contributed by atoms with van der Waals surface area (Å²) in [7, 11) is 0. The Labute approximate surface area is 90.3 Å². The molecule has 0 bridgehead atoms. The van der Waals surface area contributed by atoms with Gasteiger partial charge in [-0.15, -0.1) is 0 Å². The highest BCUT2D eigenvalue weighted by molar-refractivity contribution is 5.72. The minimum Gasteiger partial charge on any atom is -0.479 e. The van der Waals surface area contributed by atoms with Crippen molar-refractivity contribution >= 4 is 5.97 Å². The third kappa shape index (κ3) is 4.44. The first-order valence-corrected chi connectivity index (χ1v) is 5.32. The molecule has 1 aliphatic heterocycles. The van der Waals surface area contributed by atoms with Gasteiger partial charge in [-0.2, -0.15) is 0 Å². The summed E-state index contributed by atoms with van der Waals surface area (Å²) in [5.41, 5.74) is 1.28. The fraction of sp³-hybridized carbons (Fsp3) is 0.727. The van der Waals surface area contributed by atoms with Crippen molar-refractivity contribution in [1.29, 1.82) is 0 Å². The number of carboxylic acid groups (broad SMARTS) is 1. The van der Waals surface area contributed by atoms with E-state index in [9.17, 15) is 4.79 Å². The maximum absolute atomic E-state index is 10.6. The zero-order valence-corrected chi connectivity index (χ0v) is 9.32.